The molecule has 7 nitrogen and oxygen atoms in total. The van der Waals surface area contributed by atoms with Gasteiger partial charge in [-0.15, -0.1) is 11.3 Å². The number of carbonyl (C=O) groups is 2. The van der Waals surface area contributed by atoms with Crippen molar-refractivity contribution in [3.8, 4) is 11.5 Å². The van der Waals surface area contributed by atoms with Crippen LogP contribution in [0.3, 0.4) is 0 Å². The number of amides is 2. The first kappa shape index (κ1) is 21.5. The van der Waals surface area contributed by atoms with Crippen LogP contribution in [-0.2, 0) is 17.9 Å². The van der Waals surface area contributed by atoms with E-state index in [1.54, 1.807) is 16.2 Å². The van der Waals surface area contributed by atoms with E-state index >= 15 is 0 Å². The Bertz CT molecular complexity index is 1270. The molecule has 3 aliphatic rings. The van der Waals surface area contributed by atoms with Crippen LogP contribution in [0.5, 0.6) is 11.5 Å². The van der Waals surface area contributed by atoms with E-state index in [1.165, 1.54) is 0 Å². The minimum atomic E-state index is -1.02. The summed E-state index contributed by atoms with van der Waals surface area (Å²) in [6.07, 6.45) is 4.23. The molecule has 4 heterocycles. The fourth-order valence-electron chi connectivity index (χ4n) is 5.49. The molecule has 0 bridgehead atoms. The summed E-state index contributed by atoms with van der Waals surface area (Å²) >= 11 is 1.62. The molecule has 1 saturated carbocycles. The van der Waals surface area contributed by atoms with E-state index in [2.05, 4.69) is 12.2 Å². The Labute approximate surface area is 202 Å². The van der Waals surface area contributed by atoms with Crippen molar-refractivity contribution in [2.24, 2.45) is 5.92 Å². The van der Waals surface area contributed by atoms with Crippen LogP contribution >= 0.6 is 11.3 Å². The summed E-state index contributed by atoms with van der Waals surface area (Å²) in [5.74, 6) is 1.88. The molecular formula is C26H29N3O4S. The lowest BCUT2D eigenvalue weighted by atomic mass is 9.86. The molecule has 2 amide bonds. The molecule has 0 radical (unpaired) electrons. The zero-order chi connectivity index (χ0) is 23.4. The SMILES string of the molecule is CC1CCC(NC(=O)[C@@]2(C)Cn3c(cc4sccc43)C(=O)N2Cc2ccc3c(c2)OCO3)CC1. The number of hydrogen-bond acceptors (Lipinski definition) is 5. The lowest BCUT2D eigenvalue weighted by Gasteiger charge is -2.45. The summed E-state index contributed by atoms with van der Waals surface area (Å²) in [5, 5.41) is 5.33. The summed E-state index contributed by atoms with van der Waals surface area (Å²) < 4.78 is 14.1. The minimum Gasteiger partial charge on any atom is -0.454 e. The fraction of sp³-hybridized carbons (Fsp3) is 0.462. The Morgan fingerprint density at radius 2 is 1.94 bits per heavy atom. The van der Waals surface area contributed by atoms with Gasteiger partial charge in [-0.3, -0.25) is 9.59 Å². The smallest absolute Gasteiger partial charge is 0.271 e. The van der Waals surface area contributed by atoms with E-state index < -0.39 is 5.54 Å². The predicted molar refractivity (Wildman–Crippen MR) is 130 cm³/mol. The third-order valence-electron chi connectivity index (χ3n) is 7.67. The predicted octanol–water partition coefficient (Wildman–Crippen LogP) is 4.54. The lowest BCUT2D eigenvalue weighted by molar-refractivity contribution is -0.134. The highest BCUT2D eigenvalue weighted by atomic mass is 32.1. The Kier molecular flexibility index (Phi) is 5.09. The van der Waals surface area contributed by atoms with Crippen LogP contribution in [0.15, 0.2) is 35.7 Å². The van der Waals surface area contributed by atoms with Crippen molar-refractivity contribution in [1.29, 1.82) is 0 Å². The molecule has 1 aromatic carbocycles. The van der Waals surface area contributed by atoms with Crippen LogP contribution in [0.25, 0.3) is 10.2 Å². The Balaban J connectivity index is 1.35. The van der Waals surface area contributed by atoms with Crippen molar-refractivity contribution in [3.63, 3.8) is 0 Å². The maximum atomic E-state index is 13.9. The fourth-order valence-corrected chi connectivity index (χ4v) is 6.31. The van der Waals surface area contributed by atoms with Gasteiger partial charge in [0.2, 0.25) is 12.7 Å². The summed E-state index contributed by atoms with van der Waals surface area (Å²) in [6.45, 7) is 5.12. The molecule has 1 fully saturated rings. The number of ether oxygens (including phenoxy) is 2. The highest BCUT2D eigenvalue weighted by molar-refractivity contribution is 7.17. The standard InChI is InChI=1S/C26H29N3O4S/c1-16-3-6-18(7-4-16)27-25(31)26(2)14-28-19-9-10-34-23(19)12-20(28)24(30)29(26)13-17-5-8-21-22(11-17)33-15-32-21/h5,8-12,16,18H,3-4,6-7,13-15H2,1-2H3,(H,27,31)/t16?,18?,26-/m1/s1. The van der Waals surface area contributed by atoms with Gasteiger partial charge in [0, 0.05) is 12.6 Å². The number of carbonyl (C=O) groups excluding carboxylic acids is 2. The third kappa shape index (κ3) is 3.47. The van der Waals surface area contributed by atoms with E-state index in [0.717, 1.165) is 41.5 Å². The van der Waals surface area contributed by atoms with Gasteiger partial charge in [0.15, 0.2) is 11.5 Å². The molecule has 178 valence electrons. The van der Waals surface area contributed by atoms with Gasteiger partial charge in [-0.05, 0) is 73.7 Å². The van der Waals surface area contributed by atoms with E-state index in [0.29, 0.717) is 36.2 Å². The number of aromatic nitrogens is 1. The molecule has 1 N–H and O–H groups in total. The lowest BCUT2D eigenvalue weighted by Crippen LogP contribution is -2.64. The second kappa shape index (κ2) is 8.05. The molecule has 1 atom stereocenters. The average Bonchev–Trinajstić information content (AvgIpc) is 3.55. The molecule has 2 aromatic heterocycles. The number of nitrogens with one attached hydrogen (secondary N) is 1. The molecule has 0 saturated heterocycles. The van der Waals surface area contributed by atoms with Crippen LogP contribution in [0.2, 0.25) is 0 Å². The van der Waals surface area contributed by atoms with Crippen LogP contribution in [0, 0.1) is 5.92 Å². The van der Waals surface area contributed by atoms with Gasteiger partial charge in [0.1, 0.15) is 11.2 Å². The minimum absolute atomic E-state index is 0.0797. The number of benzene rings is 1. The van der Waals surface area contributed by atoms with Crippen LogP contribution < -0.4 is 14.8 Å². The summed E-state index contributed by atoms with van der Waals surface area (Å²) in [6, 6.07) is 9.86. The second-order valence-corrected chi connectivity index (χ2v) is 11.0. The molecule has 0 spiro atoms. The average molecular weight is 480 g/mol. The van der Waals surface area contributed by atoms with Gasteiger partial charge in [-0.25, -0.2) is 0 Å². The first-order valence-corrected chi connectivity index (χ1v) is 12.9. The number of rotatable bonds is 4. The van der Waals surface area contributed by atoms with Gasteiger partial charge < -0.3 is 24.3 Å². The summed E-state index contributed by atoms with van der Waals surface area (Å²) in [5.41, 5.74) is 1.54. The highest BCUT2D eigenvalue weighted by Crippen LogP contribution is 2.37. The van der Waals surface area contributed by atoms with Gasteiger partial charge >= 0.3 is 0 Å². The van der Waals surface area contributed by atoms with Crippen molar-refractivity contribution in [2.45, 2.75) is 64.2 Å². The van der Waals surface area contributed by atoms with Gasteiger partial charge in [-0.1, -0.05) is 13.0 Å². The zero-order valence-corrected chi connectivity index (χ0v) is 20.3. The Morgan fingerprint density at radius 1 is 1.15 bits per heavy atom. The molecular weight excluding hydrogens is 450 g/mol. The van der Waals surface area contributed by atoms with E-state index in [1.807, 2.05) is 47.2 Å². The highest BCUT2D eigenvalue weighted by Gasteiger charge is 2.48. The van der Waals surface area contributed by atoms with Crippen molar-refractivity contribution in [2.75, 3.05) is 6.79 Å². The van der Waals surface area contributed by atoms with Crippen LogP contribution in [0.4, 0.5) is 0 Å². The molecule has 34 heavy (non-hydrogen) atoms. The summed E-state index contributed by atoms with van der Waals surface area (Å²) in [7, 11) is 0. The largest absolute Gasteiger partial charge is 0.454 e. The first-order valence-electron chi connectivity index (χ1n) is 12.0. The Morgan fingerprint density at radius 3 is 2.76 bits per heavy atom. The number of hydrogen-bond donors (Lipinski definition) is 1. The topological polar surface area (TPSA) is 72.8 Å². The quantitative estimate of drug-likeness (QED) is 0.596. The monoisotopic (exact) mass is 479 g/mol. The van der Waals surface area contributed by atoms with E-state index in [9.17, 15) is 9.59 Å². The van der Waals surface area contributed by atoms with E-state index in [-0.39, 0.29) is 24.6 Å². The van der Waals surface area contributed by atoms with Crippen molar-refractivity contribution in [3.05, 3.63) is 47.0 Å². The van der Waals surface area contributed by atoms with Gasteiger partial charge in [0.05, 0.1) is 16.8 Å². The first-order chi connectivity index (χ1) is 16.4. The van der Waals surface area contributed by atoms with Crippen LogP contribution in [0.1, 0.15) is 55.6 Å². The van der Waals surface area contributed by atoms with Crippen molar-refractivity contribution >= 4 is 33.4 Å². The summed E-state index contributed by atoms with van der Waals surface area (Å²) in [4.78, 5) is 29.4. The molecule has 3 aromatic rings. The molecule has 0 unspecified atom stereocenters. The number of nitrogens with zero attached hydrogens (tertiary/aromatic N) is 2. The van der Waals surface area contributed by atoms with E-state index in [4.69, 9.17) is 9.47 Å². The number of thiophene rings is 1. The maximum Gasteiger partial charge on any atom is 0.271 e. The molecule has 8 heteroatoms. The normalized spacial score (nSPS) is 26.1. The second-order valence-electron chi connectivity index (χ2n) is 10.1. The van der Waals surface area contributed by atoms with Gasteiger partial charge in [-0.2, -0.15) is 0 Å². The maximum absolute atomic E-state index is 13.9. The number of fused-ring (bicyclic) bond motifs is 4. The van der Waals surface area contributed by atoms with Gasteiger partial charge in [0.25, 0.3) is 5.91 Å². The van der Waals surface area contributed by atoms with Crippen molar-refractivity contribution < 1.29 is 19.1 Å². The molecule has 2 aliphatic heterocycles. The molecule has 1 aliphatic carbocycles. The molecule has 6 rings (SSSR count). The Hall–Kier alpha value is -3.00. The van der Waals surface area contributed by atoms with Crippen molar-refractivity contribution in [1.82, 2.24) is 14.8 Å². The van der Waals surface area contributed by atoms with Crippen LogP contribution in [-0.4, -0.2) is 39.7 Å². The zero-order valence-electron chi connectivity index (χ0n) is 19.5. The third-order valence-corrected chi connectivity index (χ3v) is 8.52.